The molecule has 0 aliphatic carbocycles. The fourth-order valence-corrected chi connectivity index (χ4v) is 3.81. The molecule has 1 N–H and O–H groups in total. The minimum atomic E-state index is -0.307. The lowest BCUT2D eigenvalue weighted by atomic mass is 9.88. The smallest absolute Gasteiger partial charge is 0.255 e. The van der Waals surface area contributed by atoms with Crippen LogP contribution in [0.5, 0.6) is 5.88 Å². The second kappa shape index (κ2) is 8.49. The van der Waals surface area contributed by atoms with Crippen LogP contribution in [0.2, 0.25) is 0 Å². The molecule has 4 aromatic rings. The second-order valence-corrected chi connectivity index (χ2v) is 9.20. The molecule has 5 heterocycles. The van der Waals surface area contributed by atoms with Crippen molar-refractivity contribution in [1.29, 1.82) is 0 Å². The largest absolute Gasteiger partial charge is 0.470 e. The van der Waals surface area contributed by atoms with E-state index < -0.39 is 0 Å². The monoisotopic (exact) mass is 463 g/mol. The van der Waals surface area contributed by atoms with E-state index in [1.807, 2.05) is 0 Å². The summed E-state index contributed by atoms with van der Waals surface area (Å²) >= 11 is 0. The fourth-order valence-electron chi connectivity index (χ4n) is 3.81. The minimum Gasteiger partial charge on any atom is -0.470 e. The van der Waals surface area contributed by atoms with Gasteiger partial charge in [0.25, 0.3) is 5.91 Å². The van der Waals surface area contributed by atoms with Gasteiger partial charge in [-0.1, -0.05) is 25.9 Å². The van der Waals surface area contributed by atoms with Crippen LogP contribution in [0.15, 0.2) is 35.1 Å². The normalized spacial score (nSPS) is 13.8. The predicted octanol–water partition coefficient (Wildman–Crippen LogP) is 2.39. The maximum absolute atomic E-state index is 12.3. The van der Waals surface area contributed by atoms with Gasteiger partial charge in [-0.25, -0.2) is 4.52 Å². The highest BCUT2D eigenvalue weighted by Gasteiger charge is 2.28. The molecule has 11 heteroatoms. The summed E-state index contributed by atoms with van der Waals surface area (Å²) in [5.74, 6) is 1.12. The van der Waals surface area contributed by atoms with Gasteiger partial charge in [0.1, 0.15) is 13.2 Å². The third-order valence-corrected chi connectivity index (χ3v) is 5.69. The number of aliphatic hydroxyl groups is 1. The molecule has 0 spiro atoms. The molecule has 0 aromatic carbocycles. The van der Waals surface area contributed by atoms with E-state index in [2.05, 4.69) is 46.2 Å². The fraction of sp³-hybridized carbons (Fsp3) is 0.391. The Labute approximate surface area is 195 Å². The molecule has 0 radical (unpaired) electrons. The lowest BCUT2D eigenvalue weighted by molar-refractivity contribution is 0.0651. The molecule has 0 bridgehead atoms. The van der Waals surface area contributed by atoms with Gasteiger partial charge in [0.2, 0.25) is 11.7 Å². The van der Waals surface area contributed by atoms with Crippen LogP contribution in [-0.4, -0.2) is 59.0 Å². The van der Waals surface area contributed by atoms with Gasteiger partial charge in [0.05, 0.1) is 23.0 Å². The topological polar surface area (TPSA) is 132 Å². The molecule has 34 heavy (non-hydrogen) atoms. The van der Waals surface area contributed by atoms with E-state index >= 15 is 0 Å². The molecule has 1 aliphatic heterocycles. The first-order chi connectivity index (χ1) is 16.3. The van der Waals surface area contributed by atoms with Gasteiger partial charge >= 0.3 is 0 Å². The molecule has 1 amide bonds. The maximum Gasteiger partial charge on any atom is 0.255 e. The molecular weight excluding hydrogens is 438 g/mol. The molecule has 4 aromatic heterocycles. The Hall–Kier alpha value is -3.86. The highest BCUT2D eigenvalue weighted by Crippen LogP contribution is 2.36. The molecule has 11 nitrogen and oxygen atoms in total. The molecule has 0 atom stereocenters. The van der Waals surface area contributed by atoms with Crippen molar-refractivity contribution in [2.24, 2.45) is 0 Å². The summed E-state index contributed by atoms with van der Waals surface area (Å²) in [6.07, 6.45) is 4.26. The average Bonchev–Trinajstić information content (AvgIpc) is 3.41. The zero-order chi connectivity index (χ0) is 23.9. The van der Waals surface area contributed by atoms with Crippen LogP contribution < -0.4 is 4.74 Å². The van der Waals surface area contributed by atoms with E-state index in [-0.39, 0.29) is 24.5 Å². The number of hydrogen-bond donors (Lipinski definition) is 1. The van der Waals surface area contributed by atoms with Gasteiger partial charge in [-0.3, -0.25) is 9.78 Å². The number of ether oxygens (including phenoxy) is 1. The Morgan fingerprint density at radius 3 is 2.68 bits per heavy atom. The molecule has 0 unspecified atom stereocenters. The number of nitrogens with zero attached hydrogens (tertiary/aromatic N) is 7. The maximum atomic E-state index is 12.3. The number of hydrogen-bond acceptors (Lipinski definition) is 9. The van der Waals surface area contributed by atoms with Crippen molar-refractivity contribution in [2.75, 3.05) is 13.1 Å². The van der Waals surface area contributed by atoms with Gasteiger partial charge in [0.15, 0.2) is 11.5 Å². The molecule has 5 rings (SSSR count). The average molecular weight is 463 g/mol. The first-order valence-corrected chi connectivity index (χ1v) is 11.0. The lowest BCUT2D eigenvalue weighted by Gasteiger charge is -2.30. The van der Waals surface area contributed by atoms with Crippen molar-refractivity contribution >= 4 is 11.4 Å². The van der Waals surface area contributed by atoms with Crippen molar-refractivity contribution in [2.45, 2.75) is 45.8 Å². The highest BCUT2D eigenvalue weighted by molar-refractivity contribution is 5.94. The third-order valence-electron chi connectivity index (χ3n) is 5.69. The van der Waals surface area contributed by atoms with E-state index in [0.717, 1.165) is 30.6 Å². The highest BCUT2D eigenvalue weighted by atomic mass is 16.5. The summed E-state index contributed by atoms with van der Waals surface area (Å²) in [6.45, 7) is 7.69. The summed E-state index contributed by atoms with van der Waals surface area (Å²) in [5, 5.41) is 26.2. The number of aliphatic hydroxyl groups excluding tert-OH is 1. The summed E-state index contributed by atoms with van der Waals surface area (Å²) in [4.78, 5) is 18.6. The number of fused-ring (bicyclic) bond motifs is 1. The molecular formula is C23H25N7O4. The zero-order valence-electron chi connectivity index (χ0n) is 19.2. The number of carbonyl (C=O) groups is 1. The number of rotatable bonds is 6. The summed E-state index contributed by atoms with van der Waals surface area (Å²) in [7, 11) is 0. The van der Waals surface area contributed by atoms with Crippen LogP contribution in [0.1, 0.15) is 54.6 Å². The first kappa shape index (κ1) is 22.0. The number of carbonyl (C=O) groups excluding carboxylic acids is 1. The van der Waals surface area contributed by atoms with Gasteiger partial charge in [-0.2, -0.15) is 5.10 Å². The van der Waals surface area contributed by atoms with Crippen molar-refractivity contribution < 1.29 is 19.2 Å². The van der Waals surface area contributed by atoms with E-state index in [0.29, 0.717) is 34.4 Å². The Morgan fingerprint density at radius 2 is 2.06 bits per heavy atom. The molecule has 1 aliphatic rings. The SMILES string of the molecule is CC(C)(C)c1c(OCc2ccc(C(=O)N3CCC3)cn2)nn2c(-c3cc(CO)on3)nncc12. The lowest BCUT2D eigenvalue weighted by Crippen LogP contribution is -2.42. The minimum absolute atomic E-state index is 0.00586. The van der Waals surface area contributed by atoms with Crippen molar-refractivity contribution in [1.82, 2.24) is 34.9 Å². The predicted molar refractivity (Wildman–Crippen MR) is 120 cm³/mol. The summed E-state index contributed by atoms with van der Waals surface area (Å²) < 4.78 is 12.8. The van der Waals surface area contributed by atoms with Gasteiger partial charge in [0, 0.05) is 30.9 Å². The van der Waals surface area contributed by atoms with Crippen LogP contribution in [0.25, 0.3) is 17.0 Å². The van der Waals surface area contributed by atoms with E-state index in [1.165, 1.54) is 0 Å². The van der Waals surface area contributed by atoms with Gasteiger partial charge in [-0.05, 0) is 24.0 Å². The number of amides is 1. The number of aromatic nitrogens is 6. The van der Waals surface area contributed by atoms with E-state index in [4.69, 9.17) is 9.26 Å². The van der Waals surface area contributed by atoms with Crippen molar-refractivity contribution in [3.8, 4) is 17.4 Å². The number of pyridine rings is 1. The molecule has 1 fully saturated rings. The second-order valence-electron chi connectivity index (χ2n) is 9.20. The standard InChI is InChI=1S/C23H25N7O4/c1-23(2,3)19-18-11-25-26-20(17-9-16(12-31)34-28-17)30(18)27-21(19)33-13-15-6-5-14(10-24-15)22(32)29-7-4-8-29/h5-6,9-11,31H,4,7-8,12-13H2,1-3H3. The Kier molecular flexibility index (Phi) is 5.48. The Bertz CT molecular complexity index is 1330. The number of likely N-dealkylation sites (tertiary alicyclic amines) is 1. The van der Waals surface area contributed by atoms with E-state index in [9.17, 15) is 9.90 Å². The van der Waals surface area contributed by atoms with Crippen LogP contribution >= 0.6 is 0 Å². The van der Waals surface area contributed by atoms with Crippen LogP contribution in [0.4, 0.5) is 0 Å². The van der Waals surface area contributed by atoms with Gasteiger partial charge in [-0.15, -0.1) is 10.2 Å². The van der Waals surface area contributed by atoms with Crippen LogP contribution in [-0.2, 0) is 18.6 Å². The van der Waals surface area contributed by atoms with Crippen LogP contribution in [0, 0.1) is 0 Å². The van der Waals surface area contributed by atoms with Crippen molar-refractivity contribution in [3.63, 3.8) is 0 Å². The Balaban J connectivity index is 1.44. The summed E-state index contributed by atoms with van der Waals surface area (Å²) in [6, 6.07) is 5.16. The van der Waals surface area contributed by atoms with Crippen LogP contribution in [0.3, 0.4) is 0 Å². The molecule has 0 saturated carbocycles. The molecule has 176 valence electrons. The van der Waals surface area contributed by atoms with Crippen molar-refractivity contribution in [3.05, 3.63) is 53.2 Å². The third kappa shape index (κ3) is 3.98. The zero-order valence-corrected chi connectivity index (χ0v) is 19.2. The Morgan fingerprint density at radius 1 is 1.24 bits per heavy atom. The molecule has 1 saturated heterocycles. The first-order valence-electron chi connectivity index (χ1n) is 11.0. The quantitative estimate of drug-likeness (QED) is 0.458. The van der Waals surface area contributed by atoms with Gasteiger partial charge < -0.3 is 19.3 Å². The summed E-state index contributed by atoms with van der Waals surface area (Å²) in [5.41, 5.74) is 2.93. The van der Waals surface area contributed by atoms with E-state index in [1.54, 1.807) is 40.0 Å².